The normalized spacial score (nSPS) is 11.9. The zero-order chi connectivity index (χ0) is 21.9. The fourth-order valence-electron chi connectivity index (χ4n) is 3.17. The molecule has 1 aromatic carbocycles. The lowest BCUT2D eigenvalue weighted by Crippen LogP contribution is -2.25. The van der Waals surface area contributed by atoms with Gasteiger partial charge in [0.05, 0.1) is 5.69 Å². The van der Waals surface area contributed by atoms with Gasteiger partial charge in [-0.15, -0.1) is 0 Å². The lowest BCUT2D eigenvalue weighted by atomic mass is 9.79. The molecule has 30 heavy (non-hydrogen) atoms. The number of benzene rings is 1. The molecule has 0 aliphatic heterocycles. The molecule has 3 rings (SSSR count). The van der Waals surface area contributed by atoms with Crippen LogP contribution in [0.1, 0.15) is 68.6 Å². The fourth-order valence-corrected chi connectivity index (χ4v) is 3.17. The summed E-state index contributed by atoms with van der Waals surface area (Å²) in [7, 11) is 0. The first kappa shape index (κ1) is 21.7. The maximum atomic E-state index is 13.0. The SMILES string of the molecule is CC(C)(C)c1cc(C(=O)NCc2ccnc(-c3cccnc3)c2)cc(C(C)(C)C)c1. The van der Waals surface area contributed by atoms with Crippen LogP contribution in [0, 0.1) is 0 Å². The summed E-state index contributed by atoms with van der Waals surface area (Å²) in [5, 5.41) is 3.07. The Hall–Kier alpha value is -3.01. The van der Waals surface area contributed by atoms with Gasteiger partial charge in [-0.1, -0.05) is 47.6 Å². The van der Waals surface area contributed by atoms with Crippen LogP contribution in [0.25, 0.3) is 11.3 Å². The summed E-state index contributed by atoms with van der Waals surface area (Å²) in [5.41, 5.74) is 5.79. The van der Waals surface area contributed by atoms with Gasteiger partial charge in [0, 0.05) is 36.3 Å². The molecule has 4 nitrogen and oxygen atoms in total. The minimum Gasteiger partial charge on any atom is -0.348 e. The van der Waals surface area contributed by atoms with Gasteiger partial charge in [0.25, 0.3) is 5.91 Å². The number of amides is 1. The van der Waals surface area contributed by atoms with Gasteiger partial charge in [-0.05, 0) is 63.9 Å². The highest BCUT2D eigenvalue weighted by Crippen LogP contribution is 2.30. The first-order valence-electron chi connectivity index (χ1n) is 10.3. The second-order valence-electron chi connectivity index (χ2n) is 9.77. The van der Waals surface area contributed by atoms with Crippen LogP contribution >= 0.6 is 0 Å². The Morgan fingerprint density at radius 3 is 2.13 bits per heavy atom. The van der Waals surface area contributed by atoms with Crippen molar-refractivity contribution in [1.29, 1.82) is 0 Å². The van der Waals surface area contributed by atoms with Crippen molar-refractivity contribution in [1.82, 2.24) is 15.3 Å². The van der Waals surface area contributed by atoms with Gasteiger partial charge in [-0.3, -0.25) is 14.8 Å². The van der Waals surface area contributed by atoms with Crippen molar-refractivity contribution in [3.05, 3.63) is 83.3 Å². The number of nitrogens with one attached hydrogen (secondary N) is 1. The predicted molar refractivity (Wildman–Crippen MR) is 122 cm³/mol. The molecule has 0 saturated heterocycles. The van der Waals surface area contributed by atoms with Gasteiger partial charge >= 0.3 is 0 Å². The summed E-state index contributed by atoms with van der Waals surface area (Å²) < 4.78 is 0. The number of pyridine rings is 2. The van der Waals surface area contributed by atoms with Crippen molar-refractivity contribution >= 4 is 5.91 Å². The number of rotatable bonds is 4. The number of nitrogens with zero attached hydrogens (tertiary/aromatic N) is 2. The second kappa shape index (κ2) is 8.39. The Kier molecular flexibility index (Phi) is 6.06. The van der Waals surface area contributed by atoms with E-state index in [-0.39, 0.29) is 16.7 Å². The molecule has 0 unspecified atom stereocenters. The molecule has 1 amide bonds. The van der Waals surface area contributed by atoms with Gasteiger partial charge < -0.3 is 5.32 Å². The Labute approximate surface area is 179 Å². The topological polar surface area (TPSA) is 54.9 Å². The van der Waals surface area contributed by atoms with Crippen molar-refractivity contribution in [3.63, 3.8) is 0 Å². The van der Waals surface area contributed by atoms with Crippen molar-refractivity contribution in [2.24, 2.45) is 0 Å². The monoisotopic (exact) mass is 401 g/mol. The van der Waals surface area contributed by atoms with Crippen LogP contribution < -0.4 is 5.32 Å². The van der Waals surface area contributed by atoms with Crippen LogP contribution in [0.4, 0.5) is 0 Å². The molecule has 156 valence electrons. The highest BCUT2D eigenvalue weighted by molar-refractivity contribution is 5.94. The highest BCUT2D eigenvalue weighted by Gasteiger charge is 2.22. The van der Waals surface area contributed by atoms with Crippen molar-refractivity contribution in [3.8, 4) is 11.3 Å². The third kappa shape index (κ3) is 5.32. The van der Waals surface area contributed by atoms with E-state index in [0.29, 0.717) is 12.1 Å². The van der Waals surface area contributed by atoms with Crippen LogP contribution in [0.3, 0.4) is 0 Å². The van der Waals surface area contributed by atoms with Crippen molar-refractivity contribution in [2.45, 2.75) is 58.9 Å². The Balaban J connectivity index is 1.81. The third-order valence-corrected chi connectivity index (χ3v) is 5.16. The number of aromatic nitrogens is 2. The molecule has 3 aromatic rings. The van der Waals surface area contributed by atoms with Crippen LogP contribution in [0.5, 0.6) is 0 Å². The van der Waals surface area contributed by atoms with Crippen LogP contribution in [-0.2, 0) is 17.4 Å². The second-order valence-corrected chi connectivity index (χ2v) is 9.77. The average molecular weight is 402 g/mol. The summed E-state index contributed by atoms with van der Waals surface area (Å²) in [6.07, 6.45) is 5.30. The molecule has 0 atom stereocenters. The summed E-state index contributed by atoms with van der Waals surface area (Å²) in [4.78, 5) is 21.6. The minimum atomic E-state index is -0.0636. The molecule has 4 heteroatoms. The van der Waals surface area contributed by atoms with E-state index in [1.165, 1.54) is 11.1 Å². The van der Waals surface area contributed by atoms with E-state index in [2.05, 4.69) is 62.9 Å². The molecule has 2 heterocycles. The summed E-state index contributed by atoms with van der Waals surface area (Å²) >= 11 is 0. The summed E-state index contributed by atoms with van der Waals surface area (Å²) in [6.45, 7) is 13.5. The molecule has 0 bridgehead atoms. The zero-order valence-corrected chi connectivity index (χ0v) is 18.8. The molecule has 2 aromatic heterocycles. The standard InChI is InChI=1S/C26H31N3O/c1-25(2,3)21-13-20(14-22(15-21)26(4,5)6)24(30)29-16-18-9-11-28-23(12-18)19-8-7-10-27-17-19/h7-15,17H,16H2,1-6H3,(H,29,30). The molecule has 0 aliphatic carbocycles. The Morgan fingerprint density at radius 1 is 0.900 bits per heavy atom. The van der Waals surface area contributed by atoms with E-state index in [0.717, 1.165) is 16.8 Å². The van der Waals surface area contributed by atoms with Gasteiger partial charge in [-0.2, -0.15) is 0 Å². The summed E-state index contributed by atoms with van der Waals surface area (Å²) in [6, 6.07) is 14.0. The number of hydrogen-bond donors (Lipinski definition) is 1. The molecule has 0 saturated carbocycles. The fraction of sp³-hybridized carbons (Fsp3) is 0.346. The first-order valence-corrected chi connectivity index (χ1v) is 10.3. The van der Waals surface area contributed by atoms with E-state index in [1.54, 1.807) is 18.6 Å². The predicted octanol–water partition coefficient (Wildman–Crippen LogP) is 5.67. The molecular formula is C26H31N3O. The van der Waals surface area contributed by atoms with Gasteiger partial charge in [0.15, 0.2) is 0 Å². The number of carbonyl (C=O) groups is 1. The lowest BCUT2D eigenvalue weighted by Gasteiger charge is -2.26. The highest BCUT2D eigenvalue weighted by atomic mass is 16.1. The van der Waals surface area contributed by atoms with Crippen molar-refractivity contribution < 1.29 is 4.79 Å². The Morgan fingerprint density at radius 2 is 1.57 bits per heavy atom. The van der Waals surface area contributed by atoms with E-state index >= 15 is 0 Å². The largest absolute Gasteiger partial charge is 0.348 e. The maximum absolute atomic E-state index is 13.0. The molecule has 0 radical (unpaired) electrons. The van der Waals surface area contributed by atoms with Gasteiger partial charge in [-0.25, -0.2) is 0 Å². The Bertz CT molecular complexity index is 996. The number of carbonyl (C=O) groups excluding carboxylic acids is 1. The smallest absolute Gasteiger partial charge is 0.251 e. The lowest BCUT2D eigenvalue weighted by molar-refractivity contribution is 0.0950. The van der Waals surface area contributed by atoms with E-state index in [1.807, 2.05) is 36.4 Å². The van der Waals surface area contributed by atoms with E-state index in [9.17, 15) is 4.79 Å². The van der Waals surface area contributed by atoms with Crippen LogP contribution in [-0.4, -0.2) is 15.9 Å². The average Bonchev–Trinajstić information content (AvgIpc) is 2.71. The van der Waals surface area contributed by atoms with Crippen LogP contribution in [0.2, 0.25) is 0 Å². The van der Waals surface area contributed by atoms with E-state index < -0.39 is 0 Å². The molecule has 0 spiro atoms. The van der Waals surface area contributed by atoms with Crippen LogP contribution in [0.15, 0.2) is 61.1 Å². The summed E-state index contributed by atoms with van der Waals surface area (Å²) in [5.74, 6) is -0.0636. The minimum absolute atomic E-state index is 0.0278. The zero-order valence-electron chi connectivity index (χ0n) is 18.8. The van der Waals surface area contributed by atoms with E-state index in [4.69, 9.17) is 0 Å². The molecule has 1 N–H and O–H groups in total. The molecule has 0 aliphatic rings. The third-order valence-electron chi connectivity index (χ3n) is 5.16. The van der Waals surface area contributed by atoms with Gasteiger partial charge in [0.1, 0.15) is 0 Å². The maximum Gasteiger partial charge on any atom is 0.251 e. The molecular weight excluding hydrogens is 370 g/mol. The number of hydrogen-bond acceptors (Lipinski definition) is 3. The first-order chi connectivity index (χ1) is 14.0. The molecule has 0 fully saturated rings. The van der Waals surface area contributed by atoms with Gasteiger partial charge in [0.2, 0.25) is 0 Å². The van der Waals surface area contributed by atoms with Crippen molar-refractivity contribution in [2.75, 3.05) is 0 Å². The quantitative estimate of drug-likeness (QED) is 0.613.